The van der Waals surface area contributed by atoms with Crippen molar-refractivity contribution in [1.29, 1.82) is 0 Å². The lowest BCUT2D eigenvalue weighted by atomic mass is 9.91. The Morgan fingerprint density at radius 3 is 1.23 bits per heavy atom. The van der Waals surface area contributed by atoms with Gasteiger partial charge < -0.3 is 4.98 Å². The second-order valence-corrected chi connectivity index (χ2v) is 9.01. The Kier molecular flexibility index (Phi) is 11.2. The number of H-pyrrole nitrogens is 1. The molecule has 0 aliphatic heterocycles. The molecule has 0 atom stereocenters. The first-order valence-corrected chi connectivity index (χ1v) is 11.2. The van der Waals surface area contributed by atoms with Gasteiger partial charge in [0.25, 0.3) is 0 Å². The van der Waals surface area contributed by atoms with Gasteiger partial charge >= 0.3 is 0 Å². The highest BCUT2D eigenvalue weighted by molar-refractivity contribution is 5.31. The summed E-state index contributed by atoms with van der Waals surface area (Å²) in [4.78, 5) is 2.83. The van der Waals surface area contributed by atoms with Gasteiger partial charge in [-0.3, -0.25) is 0 Å². The molecule has 3 rings (SSSR count). The molecule has 1 heterocycles. The first kappa shape index (κ1) is 26.6. The van der Waals surface area contributed by atoms with Crippen LogP contribution in [0, 0.1) is 11.6 Å². The highest BCUT2D eigenvalue weighted by Crippen LogP contribution is 2.25. The summed E-state index contributed by atoms with van der Waals surface area (Å²) in [5.41, 5.74) is 4.47. The van der Waals surface area contributed by atoms with Gasteiger partial charge in [0, 0.05) is 7.62 Å². The zero-order valence-corrected chi connectivity index (χ0v) is 20.3. The Labute approximate surface area is 189 Å². The van der Waals surface area contributed by atoms with Crippen molar-refractivity contribution in [3.63, 3.8) is 0 Å². The van der Waals surface area contributed by atoms with E-state index in [1.54, 1.807) is 12.3 Å². The van der Waals surface area contributed by atoms with Crippen molar-refractivity contribution < 1.29 is 10.2 Å². The average molecular weight is 430 g/mol. The van der Waals surface area contributed by atoms with E-state index in [0.29, 0.717) is 17.5 Å². The van der Waals surface area contributed by atoms with E-state index in [9.17, 15) is 8.78 Å². The standard InChI is InChI=1S/C12H18.C9H11F.C7H10FN.H2/c1-9(2)11-7-5-6-8-12(11)10(3)4;1-7(2)8-5-3-4-6-9(8)10;1-5(2)7-6(8)3-4-9-7;/h5-10H,1-4H3;3-7H,1-2H3;3-5,9H,1-2H3;1H. The van der Waals surface area contributed by atoms with Crippen molar-refractivity contribution in [2.75, 3.05) is 0 Å². The largest absolute Gasteiger partial charge is 0.362 e. The summed E-state index contributed by atoms with van der Waals surface area (Å²) in [7, 11) is 0. The summed E-state index contributed by atoms with van der Waals surface area (Å²) in [5, 5.41) is 0. The predicted octanol–water partition coefficient (Wildman–Crippen LogP) is 9.41. The first-order chi connectivity index (χ1) is 14.6. The molecule has 0 fully saturated rings. The summed E-state index contributed by atoms with van der Waals surface area (Å²) < 4.78 is 25.4. The zero-order chi connectivity index (χ0) is 23.6. The number of aromatic nitrogens is 1. The molecular formula is C28H41F2N. The predicted molar refractivity (Wildman–Crippen MR) is 132 cm³/mol. The maximum Gasteiger partial charge on any atom is 0.144 e. The minimum absolute atomic E-state index is 0. The number of rotatable bonds is 4. The quantitative estimate of drug-likeness (QED) is 0.425. The van der Waals surface area contributed by atoms with Crippen molar-refractivity contribution in [1.82, 2.24) is 4.98 Å². The van der Waals surface area contributed by atoms with Gasteiger partial charge in [0.1, 0.15) is 11.6 Å². The van der Waals surface area contributed by atoms with Crippen molar-refractivity contribution in [3.8, 4) is 0 Å². The van der Waals surface area contributed by atoms with Crippen LogP contribution in [-0.2, 0) is 0 Å². The lowest BCUT2D eigenvalue weighted by Gasteiger charge is -2.14. The van der Waals surface area contributed by atoms with E-state index in [1.807, 2.05) is 39.8 Å². The second kappa shape index (κ2) is 13.1. The third-order valence-corrected chi connectivity index (χ3v) is 5.07. The minimum Gasteiger partial charge on any atom is -0.362 e. The number of benzene rings is 2. The van der Waals surface area contributed by atoms with Gasteiger partial charge in [0.15, 0.2) is 0 Å². The molecule has 0 radical (unpaired) electrons. The highest BCUT2D eigenvalue weighted by Gasteiger charge is 2.08. The smallest absolute Gasteiger partial charge is 0.144 e. The van der Waals surface area contributed by atoms with Crippen LogP contribution in [0.3, 0.4) is 0 Å². The van der Waals surface area contributed by atoms with Crippen LogP contribution in [0.15, 0.2) is 60.8 Å². The lowest BCUT2D eigenvalue weighted by Crippen LogP contribution is -1.97. The van der Waals surface area contributed by atoms with E-state index >= 15 is 0 Å². The maximum absolute atomic E-state index is 12.8. The monoisotopic (exact) mass is 429 g/mol. The number of nitrogens with one attached hydrogen (secondary N) is 1. The van der Waals surface area contributed by atoms with E-state index in [0.717, 1.165) is 5.56 Å². The third-order valence-electron chi connectivity index (χ3n) is 5.07. The molecule has 1 aromatic heterocycles. The summed E-state index contributed by atoms with van der Waals surface area (Å²) in [5.74, 6) is 1.58. The Morgan fingerprint density at radius 2 is 0.968 bits per heavy atom. The molecule has 0 amide bonds. The Balaban J connectivity index is 0.000000448. The first-order valence-electron chi connectivity index (χ1n) is 11.2. The molecule has 0 saturated carbocycles. The molecule has 0 unspecified atom stereocenters. The van der Waals surface area contributed by atoms with Crippen LogP contribution in [0.25, 0.3) is 0 Å². The third kappa shape index (κ3) is 8.69. The molecule has 3 heteroatoms. The highest BCUT2D eigenvalue weighted by atomic mass is 19.1. The molecule has 1 nitrogen and oxygen atoms in total. The molecule has 0 spiro atoms. The molecule has 0 aliphatic carbocycles. The normalized spacial score (nSPS) is 10.8. The molecule has 0 saturated heterocycles. The summed E-state index contributed by atoms with van der Waals surface area (Å²) in [6, 6.07) is 17.0. The van der Waals surface area contributed by atoms with Gasteiger partial charge in [-0.05, 0) is 52.5 Å². The zero-order valence-electron chi connectivity index (χ0n) is 20.3. The SMILES string of the molecule is CC(C)c1[nH]ccc1F.CC(C)c1ccccc1C(C)C.CC(C)c1ccccc1F.[HH]. The molecule has 172 valence electrons. The van der Waals surface area contributed by atoms with Crippen molar-refractivity contribution in [2.45, 2.75) is 79.1 Å². The Hall–Kier alpha value is -2.42. The molecule has 31 heavy (non-hydrogen) atoms. The van der Waals surface area contributed by atoms with Gasteiger partial charge in [-0.1, -0.05) is 97.9 Å². The number of hydrogen-bond acceptors (Lipinski definition) is 0. The van der Waals surface area contributed by atoms with Crippen LogP contribution < -0.4 is 0 Å². The summed E-state index contributed by atoms with van der Waals surface area (Å²) in [6.45, 7) is 16.9. The molecule has 3 aromatic rings. The van der Waals surface area contributed by atoms with Crippen LogP contribution in [0.4, 0.5) is 8.78 Å². The molecule has 0 aliphatic rings. The van der Waals surface area contributed by atoms with E-state index in [4.69, 9.17) is 0 Å². The molecule has 0 bridgehead atoms. The van der Waals surface area contributed by atoms with E-state index in [1.165, 1.54) is 23.3 Å². The number of aromatic amines is 1. The molecule has 2 aromatic carbocycles. The van der Waals surface area contributed by atoms with Crippen molar-refractivity contribution >= 4 is 0 Å². The van der Waals surface area contributed by atoms with Gasteiger partial charge in [0.2, 0.25) is 0 Å². The Bertz CT molecular complexity index is 871. The number of halogens is 2. The topological polar surface area (TPSA) is 15.8 Å². The van der Waals surface area contributed by atoms with Crippen LogP contribution in [0.1, 0.15) is 103 Å². The van der Waals surface area contributed by atoms with Gasteiger partial charge in [-0.2, -0.15) is 0 Å². The van der Waals surface area contributed by atoms with Crippen LogP contribution in [-0.4, -0.2) is 4.98 Å². The van der Waals surface area contributed by atoms with Gasteiger partial charge in [-0.15, -0.1) is 0 Å². The van der Waals surface area contributed by atoms with E-state index in [2.05, 4.69) is 56.9 Å². The summed E-state index contributed by atoms with van der Waals surface area (Å²) in [6.07, 6.45) is 1.62. The number of hydrogen-bond donors (Lipinski definition) is 1. The van der Waals surface area contributed by atoms with Crippen molar-refractivity contribution in [2.24, 2.45) is 0 Å². The van der Waals surface area contributed by atoms with Crippen LogP contribution in [0.5, 0.6) is 0 Å². The average Bonchev–Trinajstić information content (AvgIpc) is 3.15. The fourth-order valence-corrected chi connectivity index (χ4v) is 3.31. The lowest BCUT2D eigenvalue weighted by molar-refractivity contribution is 0.597. The Morgan fingerprint density at radius 1 is 0.548 bits per heavy atom. The van der Waals surface area contributed by atoms with Gasteiger partial charge in [0.05, 0.1) is 5.69 Å². The summed E-state index contributed by atoms with van der Waals surface area (Å²) >= 11 is 0. The van der Waals surface area contributed by atoms with Crippen LogP contribution >= 0.6 is 0 Å². The molecule has 1 N–H and O–H groups in total. The van der Waals surface area contributed by atoms with E-state index < -0.39 is 0 Å². The minimum atomic E-state index is -0.134. The van der Waals surface area contributed by atoms with Gasteiger partial charge in [-0.25, -0.2) is 8.78 Å². The molecular weight excluding hydrogens is 388 g/mol. The fraction of sp³-hybridized carbons (Fsp3) is 0.429. The van der Waals surface area contributed by atoms with E-state index in [-0.39, 0.29) is 24.9 Å². The fourth-order valence-electron chi connectivity index (χ4n) is 3.31. The maximum atomic E-state index is 12.8. The van der Waals surface area contributed by atoms with Crippen LogP contribution in [0.2, 0.25) is 0 Å². The second-order valence-electron chi connectivity index (χ2n) is 9.01. The van der Waals surface area contributed by atoms with Crippen molar-refractivity contribution in [3.05, 3.63) is 94.8 Å².